The van der Waals surface area contributed by atoms with Crippen molar-refractivity contribution in [2.24, 2.45) is 0 Å². The average molecular weight is 216 g/mol. The molecule has 1 aliphatic heterocycles. The van der Waals surface area contributed by atoms with Crippen molar-refractivity contribution >= 4 is 0 Å². The summed E-state index contributed by atoms with van der Waals surface area (Å²) in [5, 5.41) is 2.60. The summed E-state index contributed by atoms with van der Waals surface area (Å²) in [7, 11) is 2.32. The van der Waals surface area contributed by atoms with Gasteiger partial charge < -0.3 is 15.1 Å². The number of nitrogens with one attached hydrogen (secondary N) is 2. The highest BCUT2D eigenvalue weighted by Gasteiger charge is 2.21. The molecule has 0 aliphatic carbocycles. The second-order valence-electron chi connectivity index (χ2n) is 5.03. The SMILES string of the molecule is CC[NH+](CC)CC[NH2+]C1CC[NH+](C)CC1. The van der Waals surface area contributed by atoms with Crippen molar-refractivity contribution in [1.29, 1.82) is 0 Å². The van der Waals surface area contributed by atoms with Crippen LogP contribution in [0.2, 0.25) is 0 Å². The smallest absolute Gasteiger partial charge is 0.127 e. The number of piperidine rings is 1. The minimum atomic E-state index is 0.920. The quantitative estimate of drug-likeness (QED) is 0.426. The molecule has 1 rings (SSSR count). The summed E-state index contributed by atoms with van der Waals surface area (Å²) in [6.07, 6.45) is 2.83. The van der Waals surface area contributed by atoms with Gasteiger partial charge in [0.15, 0.2) is 0 Å². The van der Waals surface area contributed by atoms with E-state index in [0.29, 0.717) is 0 Å². The Bertz CT molecular complexity index is 149. The minimum absolute atomic E-state index is 0.920. The molecule has 3 nitrogen and oxygen atoms in total. The van der Waals surface area contributed by atoms with Crippen LogP contribution < -0.4 is 15.1 Å². The van der Waals surface area contributed by atoms with E-state index in [1.165, 1.54) is 52.1 Å². The van der Waals surface area contributed by atoms with E-state index in [2.05, 4.69) is 26.2 Å². The van der Waals surface area contributed by atoms with Crippen molar-refractivity contribution in [3.63, 3.8) is 0 Å². The number of likely N-dealkylation sites (N-methyl/N-ethyl adjacent to an activating group) is 1. The molecule has 1 heterocycles. The van der Waals surface area contributed by atoms with E-state index in [-0.39, 0.29) is 0 Å². The molecule has 0 atom stereocenters. The van der Waals surface area contributed by atoms with Gasteiger partial charge in [0.05, 0.1) is 39.3 Å². The monoisotopic (exact) mass is 216 g/mol. The molecule has 3 heteroatoms. The van der Waals surface area contributed by atoms with Crippen LogP contribution in [0.4, 0.5) is 0 Å². The standard InChI is InChI=1S/C12H27N3/c1-4-15(5-2)11-8-13-12-6-9-14(3)10-7-12/h12-13H,4-11H2,1-3H3/p+3. The van der Waals surface area contributed by atoms with Crippen molar-refractivity contribution in [3.05, 3.63) is 0 Å². The van der Waals surface area contributed by atoms with Crippen LogP contribution in [0.25, 0.3) is 0 Å². The van der Waals surface area contributed by atoms with Gasteiger partial charge in [-0.15, -0.1) is 0 Å². The zero-order valence-corrected chi connectivity index (χ0v) is 10.8. The first-order valence-corrected chi connectivity index (χ1v) is 6.74. The fourth-order valence-corrected chi connectivity index (χ4v) is 2.50. The van der Waals surface area contributed by atoms with Crippen LogP contribution in [0.15, 0.2) is 0 Å². The highest BCUT2D eigenvalue weighted by atomic mass is 15.1. The van der Waals surface area contributed by atoms with Crippen LogP contribution in [-0.4, -0.2) is 52.4 Å². The van der Waals surface area contributed by atoms with E-state index in [1.807, 2.05) is 0 Å². The number of quaternary nitrogens is 3. The highest BCUT2D eigenvalue weighted by Crippen LogP contribution is 1.91. The first-order valence-electron chi connectivity index (χ1n) is 6.74. The maximum absolute atomic E-state index is 2.60. The van der Waals surface area contributed by atoms with Gasteiger partial charge in [-0.1, -0.05) is 0 Å². The first-order chi connectivity index (χ1) is 7.26. The molecule has 0 amide bonds. The molecule has 0 aromatic rings. The summed E-state index contributed by atoms with van der Waals surface area (Å²) < 4.78 is 0. The Balaban J connectivity index is 2.04. The number of nitrogens with two attached hydrogens (primary N) is 1. The number of rotatable bonds is 6. The Kier molecular flexibility index (Phi) is 6.22. The van der Waals surface area contributed by atoms with Crippen molar-refractivity contribution in [1.82, 2.24) is 0 Å². The highest BCUT2D eigenvalue weighted by molar-refractivity contribution is 4.56. The third-order valence-electron chi connectivity index (χ3n) is 3.88. The topological polar surface area (TPSA) is 25.5 Å². The molecule has 1 fully saturated rings. The summed E-state index contributed by atoms with van der Waals surface area (Å²) in [6, 6.07) is 0.920. The minimum Gasteiger partial charge on any atom is -0.339 e. The molecule has 0 unspecified atom stereocenters. The second-order valence-corrected chi connectivity index (χ2v) is 5.03. The van der Waals surface area contributed by atoms with Crippen LogP contribution in [0.3, 0.4) is 0 Å². The number of hydrogen-bond donors (Lipinski definition) is 3. The molecule has 0 saturated carbocycles. The van der Waals surface area contributed by atoms with Crippen LogP contribution in [0.1, 0.15) is 26.7 Å². The molecule has 0 bridgehead atoms. The predicted molar refractivity (Wildman–Crippen MR) is 63.3 cm³/mol. The summed E-state index contributed by atoms with van der Waals surface area (Å²) in [5.74, 6) is 0. The maximum atomic E-state index is 2.60. The Labute approximate surface area is 94.8 Å². The first kappa shape index (κ1) is 12.9. The molecule has 0 spiro atoms. The van der Waals surface area contributed by atoms with E-state index in [4.69, 9.17) is 0 Å². The molecule has 15 heavy (non-hydrogen) atoms. The molecular formula is C12H30N3+3. The van der Waals surface area contributed by atoms with Crippen molar-refractivity contribution in [2.75, 3.05) is 46.3 Å². The van der Waals surface area contributed by atoms with Gasteiger partial charge in [-0.05, 0) is 13.8 Å². The number of likely N-dealkylation sites (tertiary alicyclic amines) is 1. The molecule has 1 saturated heterocycles. The fourth-order valence-electron chi connectivity index (χ4n) is 2.50. The molecule has 0 aromatic heterocycles. The van der Waals surface area contributed by atoms with Crippen LogP contribution in [0, 0.1) is 0 Å². The summed E-state index contributed by atoms with van der Waals surface area (Å²) >= 11 is 0. The molecular weight excluding hydrogens is 186 g/mol. The van der Waals surface area contributed by atoms with Gasteiger partial charge in [-0.25, -0.2) is 0 Å². The van der Waals surface area contributed by atoms with Gasteiger partial charge in [-0.3, -0.25) is 0 Å². The molecule has 4 N–H and O–H groups in total. The Hall–Kier alpha value is -0.120. The lowest BCUT2D eigenvalue weighted by Gasteiger charge is -2.25. The molecule has 1 aliphatic rings. The van der Waals surface area contributed by atoms with Gasteiger partial charge in [0.25, 0.3) is 0 Å². The maximum Gasteiger partial charge on any atom is 0.127 e. The van der Waals surface area contributed by atoms with E-state index in [0.717, 1.165) is 6.04 Å². The second kappa shape index (κ2) is 7.20. The Morgan fingerprint density at radius 3 is 2.33 bits per heavy atom. The van der Waals surface area contributed by atoms with Gasteiger partial charge in [0.1, 0.15) is 13.1 Å². The lowest BCUT2D eigenvalue weighted by atomic mass is 10.1. The zero-order chi connectivity index (χ0) is 11.1. The van der Waals surface area contributed by atoms with Gasteiger partial charge >= 0.3 is 0 Å². The van der Waals surface area contributed by atoms with Gasteiger partial charge in [-0.2, -0.15) is 0 Å². The Morgan fingerprint density at radius 1 is 1.20 bits per heavy atom. The van der Waals surface area contributed by atoms with Crippen LogP contribution >= 0.6 is 0 Å². The van der Waals surface area contributed by atoms with Crippen LogP contribution in [-0.2, 0) is 0 Å². The van der Waals surface area contributed by atoms with E-state index >= 15 is 0 Å². The van der Waals surface area contributed by atoms with E-state index in [1.54, 1.807) is 9.80 Å². The summed E-state index contributed by atoms with van der Waals surface area (Å²) in [5.41, 5.74) is 0. The average Bonchev–Trinajstić information content (AvgIpc) is 2.27. The largest absolute Gasteiger partial charge is 0.339 e. The van der Waals surface area contributed by atoms with Gasteiger partial charge in [0, 0.05) is 12.8 Å². The van der Waals surface area contributed by atoms with Crippen LogP contribution in [0.5, 0.6) is 0 Å². The van der Waals surface area contributed by atoms with Crippen molar-refractivity contribution < 1.29 is 15.1 Å². The third kappa shape index (κ3) is 4.96. The normalized spacial score (nSPS) is 27.2. The third-order valence-corrected chi connectivity index (χ3v) is 3.88. The van der Waals surface area contributed by atoms with Gasteiger partial charge in [0.2, 0.25) is 0 Å². The Morgan fingerprint density at radius 2 is 1.80 bits per heavy atom. The molecule has 0 aromatic carbocycles. The van der Waals surface area contributed by atoms with E-state index in [9.17, 15) is 0 Å². The summed E-state index contributed by atoms with van der Waals surface area (Å²) in [4.78, 5) is 3.46. The number of hydrogen-bond acceptors (Lipinski definition) is 0. The van der Waals surface area contributed by atoms with Crippen molar-refractivity contribution in [2.45, 2.75) is 32.7 Å². The lowest BCUT2D eigenvalue weighted by molar-refractivity contribution is -0.916. The molecule has 0 radical (unpaired) electrons. The summed E-state index contributed by atoms with van der Waals surface area (Å²) in [6.45, 7) is 12.5. The zero-order valence-electron chi connectivity index (χ0n) is 10.8. The predicted octanol–water partition coefficient (Wildman–Crippen LogP) is -2.85. The van der Waals surface area contributed by atoms with E-state index < -0.39 is 0 Å². The van der Waals surface area contributed by atoms with Crippen molar-refractivity contribution in [3.8, 4) is 0 Å². The fraction of sp³-hybridized carbons (Fsp3) is 1.00. The molecule has 90 valence electrons. The lowest BCUT2D eigenvalue weighted by Crippen LogP contribution is -3.15.